The molecule has 0 spiro atoms. The Morgan fingerprint density at radius 1 is 1.16 bits per heavy atom. The van der Waals surface area contributed by atoms with E-state index in [1.165, 1.54) is 34.2 Å². The molecule has 0 bridgehead atoms. The van der Waals surface area contributed by atoms with Gasteiger partial charge in [-0.1, -0.05) is 47.4 Å². The average Bonchev–Trinajstić information content (AvgIpc) is 3.36. The zero-order chi connectivity index (χ0) is 22.7. The lowest BCUT2D eigenvalue weighted by atomic mass is 10.1. The second kappa shape index (κ2) is 9.60. The van der Waals surface area contributed by atoms with Crippen molar-refractivity contribution in [2.45, 2.75) is 30.6 Å². The van der Waals surface area contributed by atoms with Gasteiger partial charge in [0, 0.05) is 11.4 Å². The van der Waals surface area contributed by atoms with Crippen molar-refractivity contribution in [3.05, 3.63) is 59.7 Å². The van der Waals surface area contributed by atoms with Gasteiger partial charge < -0.3 is 10.2 Å². The van der Waals surface area contributed by atoms with E-state index in [2.05, 4.69) is 41.5 Å². The molecule has 1 saturated heterocycles. The normalized spacial score (nSPS) is 17.2. The summed E-state index contributed by atoms with van der Waals surface area (Å²) in [6, 6.07) is 15.0. The number of benzene rings is 2. The Bertz CT molecular complexity index is 1210. The van der Waals surface area contributed by atoms with E-state index >= 15 is 0 Å². The highest BCUT2D eigenvalue weighted by Crippen LogP contribution is 2.30. The zero-order valence-corrected chi connectivity index (χ0v) is 20.3. The summed E-state index contributed by atoms with van der Waals surface area (Å²) in [5, 5.41) is 12.3. The van der Waals surface area contributed by atoms with Crippen LogP contribution in [0.4, 0.5) is 16.5 Å². The summed E-state index contributed by atoms with van der Waals surface area (Å²) in [5.41, 5.74) is 4.07. The van der Waals surface area contributed by atoms with E-state index in [0.29, 0.717) is 15.9 Å². The van der Waals surface area contributed by atoms with Crippen LogP contribution in [0.1, 0.15) is 17.5 Å². The molecule has 0 radical (unpaired) electrons. The molecule has 168 valence electrons. The lowest BCUT2D eigenvalue weighted by Gasteiger charge is -2.28. The predicted molar refractivity (Wildman–Crippen MR) is 131 cm³/mol. The van der Waals surface area contributed by atoms with E-state index in [9.17, 15) is 13.2 Å². The SMILES string of the molecule is Cc1ccc(Nc2nnc(SCC(=O)N(c3ccccc3)C3CCS(=O)(=O)C3)s2)cc1C. The molecule has 0 aliphatic carbocycles. The Kier molecular flexibility index (Phi) is 6.82. The summed E-state index contributed by atoms with van der Waals surface area (Å²) in [7, 11) is -3.11. The quantitative estimate of drug-likeness (QED) is 0.498. The van der Waals surface area contributed by atoms with Gasteiger partial charge in [0.1, 0.15) is 0 Å². The monoisotopic (exact) mass is 488 g/mol. The number of aromatic nitrogens is 2. The number of aryl methyl sites for hydroxylation is 2. The molecule has 2 heterocycles. The Morgan fingerprint density at radius 3 is 2.62 bits per heavy atom. The van der Waals surface area contributed by atoms with Gasteiger partial charge in [-0.2, -0.15) is 0 Å². The topological polar surface area (TPSA) is 92.3 Å². The number of sulfone groups is 1. The van der Waals surface area contributed by atoms with Crippen LogP contribution in [0.3, 0.4) is 0 Å². The van der Waals surface area contributed by atoms with Crippen LogP contribution in [-0.2, 0) is 14.6 Å². The number of nitrogens with zero attached hydrogens (tertiary/aromatic N) is 3. The Morgan fingerprint density at radius 2 is 1.94 bits per heavy atom. The molecular weight excluding hydrogens is 464 g/mol. The van der Waals surface area contributed by atoms with Gasteiger partial charge in [0.15, 0.2) is 14.2 Å². The highest BCUT2D eigenvalue weighted by molar-refractivity contribution is 8.01. The fourth-order valence-corrected chi connectivity index (χ4v) is 6.91. The van der Waals surface area contributed by atoms with Crippen molar-refractivity contribution in [3.8, 4) is 0 Å². The van der Waals surface area contributed by atoms with Crippen LogP contribution >= 0.6 is 23.1 Å². The summed E-state index contributed by atoms with van der Waals surface area (Å²) in [5.74, 6) is 0.137. The van der Waals surface area contributed by atoms with Gasteiger partial charge in [0.05, 0.1) is 23.3 Å². The third-order valence-corrected chi connectivity index (χ3v) is 9.07. The van der Waals surface area contributed by atoms with E-state index < -0.39 is 9.84 Å². The maximum absolute atomic E-state index is 13.1. The Balaban J connectivity index is 1.43. The van der Waals surface area contributed by atoms with E-state index in [-0.39, 0.29) is 29.2 Å². The standard InChI is InChI=1S/C22H24N4O3S3/c1-15-8-9-17(12-16(15)2)23-21-24-25-22(31-21)30-13-20(27)26(18-6-4-3-5-7-18)19-10-11-32(28,29)14-19/h3-9,12,19H,10-11,13-14H2,1-2H3,(H,23,24). The Hall–Kier alpha value is -2.43. The molecule has 1 N–H and O–H groups in total. The number of nitrogens with one attached hydrogen (secondary N) is 1. The van der Waals surface area contributed by atoms with Gasteiger partial charge >= 0.3 is 0 Å². The van der Waals surface area contributed by atoms with Crippen molar-refractivity contribution in [3.63, 3.8) is 0 Å². The number of para-hydroxylation sites is 1. The van der Waals surface area contributed by atoms with Crippen LogP contribution in [0, 0.1) is 13.8 Å². The number of anilines is 3. The minimum Gasteiger partial charge on any atom is -0.330 e. The zero-order valence-electron chi connectivity index (χ0n) is 17.8. The molecular formula is C22H24N4O3S3. The van der Waals surface area contributed by atoms with Gasteiger partial charge in [0.2, 0.25) is 11.0 Å². The van der Waals surface area contributed by atoms with Crippen LogP contribution < -0.4 is 10.2 Å². The molecule has 1 aliphatic heterocycles. The first-order valence-corrected chi connectivity index (χ1v) is 13.8. The molecule has 32 heavy (non-hydrogen) atoms. The van der Waals surface area contributed by atoms with E-state index in [1.807, 2.05) is 36.4 Å². The summed E-state index contributed by atoms with van der Waals surface area (Å²) >= 11 is 2.69. The van der Waals surface area contributed by atoms with Crippen molar-refractivity contribution >= 4 is 55.3 Å². The molecule has 2 aromatic carbocycles. The largest absolute Gasteiger partial charge is 0.330 e. The lowest BCUT2D eigenvalue weighted by Crippen LogP contribution is -2.42. The number of rotatable bonds is 7. The molecule has 1 atom stereocenters. The van der Waals surface area contributed by atoms with E-state index in [0.717, 1.165) is 11.4 Å². The first-order chi connectivity index (χ1) is 15.3. The maximum Gasteiger partial charge on any atom is 0.237 e. The van der Waals surface area contributed by atoms with Crippen molar-refractivity contribution in [1.82, 2.24) is 10.2 Å². The van der Waals surface area contributed by atoms with Crippen LogP contribution in [0.15, 0.2) is 52.9 Å². The molecule has 1 unspecified atom stereocenters. The molecule has 1 amide bonds. The average molecular weight is 489 g/mol. The Labute approximate surface area is 196 Å². The third-order valence-electron chi connectivity index (χ3n) is 5.36. The minimum absolute atomic E-state index is 0.00113. The third kappa shape index (κ3) is 5.48. The predicted octanol–water partition coefficient (Wildman–Crippen LogP) is 4.21. The second-order valence-electron chi connectivity index (χ2n) is 7.74. The van der Waals surface area contributed by atoms with Gasteiger partial charge in [-0.3, -0.25) is 4.79 Å². The van der Waals surface area contributed by atoms with Crippen molar-refractivity contribution in [1.29, 1.82) is 0 Å². The van der Waals surface area contributed by atoms with E-state index in [1.54, 1.807) is 4.90 Å². The summed E-state index contributed by atoms with van der Waals surface area (Å²) in [6.07, 6.45) is 0.455. The number of carbonyl (C=O) groups excluding carboxylic acids is 1. The summed E-state index contributed by atoms with van der Waals surface area (Å²) in [6.45, 7) is 4.12. The molecule has 7 nitrogen and oxygen atoms in total. The van der Waals surface area contributed by atoms with Gasteiger partial charge in [-0.25, -0.2) is 8.42 Å². The molecule has 3 aromatic rings. The highest BCUT2D eigenvalue weighted by Gasteiger charge is 2.35. The fourth-order valence-electron chi connectivity index (χ4n) is 3.58. The molecule has 0 saturated carbocycles. The molecule has 4 rings (SSSR count). The van der Waals surface area contributed by atoms with Crippen molar-refractivity contribution in [2.75, 3.05) is 27.5 Å². The highest BCUT2D eigenvalue weighted by atomic mass is 32.2. The van der Waals surface area contributed by atoms with Gasteiger partial charge in [-0.05, 0) is 55.7 Å². The first kappa shape index (κ1) is 22.8. The minimum atomic E-state index is -3.11. The van der Waals surface area contributed by atoms with Gasteiger partial charge in [0.25, 0.3) is 0 Å². The van der Waals surface area contributed by atoms with Crippen LogP contribution in [0.25, 0.3) is 0 Å². The molecule has 10 heteroatoms. The molecule has 1 aromatic heterocycles. The molecule has 1 aliphatic rings. The van der Waals surface area contributed by atoms with Crippen LogP contribution in [0.2, 0.25) is 0 Å². The number of thioether (sulfide) groups is 1. The van der Waals surface area contributed by atoms with Crippen LogP contribution in [-0.4, -0.2) is 47.8 Å². The van der Waals surface area contributed by atoms with E-state index in [4.69, 9.17) is 0 Å². The molecule has 1 fully saturated rings. The summed E-state index contributed by atoms with van der Waals surface area (Å²) < 4.78 is 24.7. The van der Waals surface area contributed by atoms with Crippen LogP contribution in [0.5, 0.6) is 0 Å². The summed E-state index contributed by atoms with van der Waals surface area (Å²) in [4.78, 5) is 14.8. The number of hydrogen-bond donors (Lipinski definition) is 1. The number of carbonyl (C=O) groups is 1. The second-order valence-corrected chi connectivity index (χ2v) is 12.2. The maximum atomic E-state index is 13.1. The van der Waals surface area contributed by atoms with Crippen molar-refractivity contribution < 1.29 is 13.2 Å². The lowest BCUT2D eigenvalue weighted by molar-refractivity contribution is -0.116. The van der Waals surface area contributed by atoms with Crippen molar-refractivity contribution in [2.24, 2.45) is 0 Å². The van der Waals surface area contributed by atoms with Gasteiger partial charge in [-0.15, -0.1) is 10.2 Å². The first-order valence-electron chi connectivity index (χ1n) is 10.2. The fraction of sp³-hybridized carbons (Fsp3) is 0.318. The number of hydrogen-bond acceptors (Lipinski definition) is 8. The smallest absolute Gasteiger partial charge is 0.237 e. The number of amides is 1.